The third-order valence-electron chi connectivity index (χ3n) is 5.31. The summed E-state index contributed by atoms with van der Waals surface area (Å²) >= 11 is 0. The van der Waals surface area contributed by atoms with Crippen molar-refractivity contribution in [1.82, 2.24) is 5.32 Å². The van der Waals surface area contributed by atoms with Crippen LogP contribution in [0.25, 0.3) is 0 Å². The third kappa shape index (κ3) is 5.56. The molecule has 1 amide bonds. The summed E-state index contributed by atoms with van der Waals surface area (Å²) in [5, 5.41) is 2.84. The molecule has 2 aromatic rings. The molecule has 0 spiro atoms. The Morgan fingerprint density at radius 3 is 2.16 bits per heavy atom. The van der Waals surface area contributed by atoms with E-state index in [1.54, 1.807) is 14.0 Å². The number of nitrogens with one attached hydrogen (secondary N) is 1. The molecule has 0 aliphatic rings. The highest BCUT2D eigenvalue weighted by Crippen LogP contribution is 2.32. The van der Waals surface area contributed by atoms with Crippen molar-refractivity contribution >= 4 is 21.6 Å². The van der Waals surface area contributed by atoms with Crippen LogP contribution in [0.3, 0.4) is 0 Å². The van der Waals surface area contributed by atoms with Crippen molar-refractivity contribution in [3.05, 3.63) is 58.7 Å². The van der Waals surface area contributed by atoms with Crippen LogP contribution in [0.1, 0.15) is 56.3 Å². The molecule has 0 bridgehead atoms. The molecule has 1 N–H and O–H groups in total. The van der Waals surface area contributed by atoms with Crippen LogP contribution in [0.15, 0.2) is 30.3 Å². The van der Waals surface area contributed by atoms with Crippen molar-refractivity contribution in [1.29, 1.82) is 0 Å². The molecule has 0 saturated heterocycles. The second-order valence-corrected chi connectivity index (χ2v) is 10.0. The van der Waals surface area contributed by atoms with Crippen molar-refractivity contribution in [2.45, 2.75) is 52.6 Å². The van der Waals surface area contributed by atoms with Gasteiger partial charge in [-0.25, -0.2) is 17.2 Å². The lowest BCUT2D eigenvalue weighted by molar-refractivity contribution is -0.122. The van der Waals surface area contributed by atoms with E-state index in [4.69, 9.17) is 4.74 Å². The van der Waals surface area contributed by atoms with Crippen LogP contribution < -0.4 is 14.4 Å². The highest BCUT2D eigenvalue weighted by Gasteiger charge is 2.31. The van der Waals surface area contributed by atoms with E-state index in [2.05, 4.69) is 5.32 Å². The molecule has 2 atom stereocenters. The fourth-order valence-electron chi connectivity index (χ4n) is 3.65. The van der Waals surface area contributed by atoms with Gasteiger partial charge in [-0.1, -0.05) is 13.8 Å². The minimum Gasteiger partial charge on any atom is -0.496 e. The lowest BCUT2D eigenvalue weighted by Crippen LogP contribution is -2.48. The van der Waals surface area contributed by atoms with E-state index >= 15 is 0 Å². The topological polar surface area (TPSA) is 75.7 Å². The summed E-state index contributed by atoms with van der Waals surface area (Å²) in [5.74, 6) is -1.93. The van der Waals surface area contributed by atoms with Gasteiger partial charge in [-0.05, 0) is 67.6 Å². The van der Waals surface area contributed by atoms with Crippen molar-refractivity contribution in [3.63, 3.8) is 0 Å². The van der Waals surface area contributed by atoms with Gasteiger partial charge < -0.3 is 10.1 Å². The van der Waals surface area contributed by atoms with Gasteiger partial charge in [-0.2, -0.15) is 0 Å². The molecule has 0 saturated carbocycles. The van der Waals surface area contributed by atoms with Gasteiger partial charge >= 0.3 is 0 Å². The Bertz CT molecular complexity index is 1100. The van der Waals surface area contributed by atoms with Crippen LogP contribution in [0.4, 0.5) is 14.5 Å². The first-order chi connectivity index (χ1) is 14.8. The van der Waals surface area contributed by atoms with Gasteiger partial charge in [0.1, 0.15) is 11.8 Å². The van der Waals surface area contributed by atoms with Gasteiger partial charge in [0.15, 0.2) is 11.6 Å². The molecule has 9 heteroatoms. The molecule has 0 aliphatic heterocycles. The Morgan fingerprint density at radius 2 is 1.66 bits per heavy atom. The number of aryl methyl sites for hydroxylation is 1. The summed E-state index contributed by atoms with van der Waals surface area (Å²) in [5.41, 5.74) is 2.63. The zero-order valence-corrected chi connectivity index (χ0v) is 20.2. The first-order valence-electron chi connectivity index (χ1n) is 10.2. The van der Waals surface area contributed by atoms with Gasteiger partial charge in [0.2, 0.25) is 15.9 Å². The molecule has 176 valence electrons. The number of ether oxygens (including phenoxy) is 1. The Labute approximate surface area is 188 Å². The summed E-state index contributed by atoms with van der Waals surface area (Å²) in [4.78, 5) is 13.0. The molecule has 0 fully saturated rings. The highest BCUT2D eigenvalue weighted by atomic mass is 32.2. The fourth-order valence-corrected chi connectivity index (χ4v) is 4.82. The van der Waals surface area contributed by atoms with Crippen molar-refractivity contribution < 1.29 is 26.7 Å². The summed E-state index contributed by atoms with van der Waals surface area (Å²) < 4.78 is 58.1. The maximum absolute atomic E-state index is 13.7. The summed E-state index contributed by atoms with van der Waals surface area (Å²) in [6.07, 6.45) is 0.907. The van der Waals surface area contributed by atoms with Crippen LogP contribution in [-0.2, 0) is 14.8 Å². The molecule has 0 radical (unpaired) electrons. The molecule has 32 heavy (non-hydrogen) atoms. The Morgan fingerprint density at radius 1 is 1.03 bits per heavy atom. The lowest BCUT2D eigenvalue weighted by Gasteiger charge is -2.29. The summed E-state index contributed by atoms with van der Waals surface area (Å²) in [6, 6.07) is 4.95. The number of amides is 1. The van der Waals surface area contributed by atoms with E-state index in [1.807, 2.05) is 32.9 Å². The molecular formula is C23H30F2N2O4S. The first-order valence-corrected chi connectivity index (χ1v) is 12.1. The first kappa shape index (κ1) is 25.6. The number of rotatable bonds is 8. The molecule has 2 aromatic carbocycles. The van der Waals surface area contributed by atoms with Crippen molar-refractivity contribution in [2.24, 2.45) is 0 Å². The number of hydrogen-bond acceptors (Lipinski definition) is 4. The maximum Gasteiger partial charge on any atom is 0.244 e. The van der Waals surface area contributed by atoms with Gasteiger partial charge in [0.25, 0.3) is 0 Å². The average molecular weight is 469 g/mol. The zero-order chi connectivity index (χ0) is 24.4. The normalized spacial score (nSPS) is 13.6. The zero-order valence-electron chi connectivity index (χ0n) is 19.4. The molecule has 0 heterocycles. The quantitative estimate of drug-likeness (QED) is 0.622. The average Bonchev–Trinajstić information content (AvgIpc) is 2.68. The standard InChI is InChI=1S/C23H30F2N2O4S/c1-13(2)18-12-19(14(3)10-22(18)31-6)15(4)26-23(28)16(5)27(32(7,29)30)17-8-9-20(24)21(25)11-17/h8-13,15-16H,1-7H3,(H,26,28)/t15-,16-/m1/s1. The third-order valence-corrected chi connectivity index (χ3v) is 6.55. The molecular weight excluding hydrogens is 438 g/mol. The second-order valence-electron chi connectivity index (χ2n) is 8.17. The van der Waals surface area contributed by atoms with E-state index in [0.29, 0.717) is 0 Å². The van der Waals surface area contributed by atoms with Gasteiger partial charge in [-0.15, -0.1) is 0 Å². The number of sulfonamides is 1. The lowest BCUT2D eigenvalue weighted by atomic mass is 9.93. The Kier molecular flexibility index (Phi) is 7.88. The van der Waals surface area contributed by atoms with E-state index in [-0.39, 0.29) is 11.6 Å². The molecule has 0 aliphatic carbocycles. The highest BCUT2D eigenvalue weighted by molar-refractivity contribution is 7.92. The number of hydrogen-bond donors (Lipinski definition) is 1. The number of benzene rings is 2. The van der Waals surface area contributed by atoms with Crippen LogP contribution in [0.2, 0.25) is 0 Å². The number of carbonyl (C=O) groups is 1. The SMILES string of the molecule is COc1cc(C)c([C@@H](C)NC(=O)[C@@H](C)N(c2ccc(F)c(F)c2)S(C)(=O)=O)cc1C(C)C. The predicted octanol–water partition coefficient (Wildman–Crippen LogP) is 4.44. The van der Waals surface area contributed by atoms with Crippen LogP contribution in [0, 0.1) is 18.6 Å². The molecule has 0 aromatic heterocycles. The monoisotopic (exact) mass is 468 g/mol. The van der Waals surface area contributed by atoms with Crippen LogP contribution in [-0.4, -0.2) is 33.7 Å². The van der Waals surface area contributed by atoms with Crippen LogP contribution in [0.5, 0.6) is 5.75 Å². The van der Waals surface area contributed by atoms with Gasteiger partial charge in [-0.3, -0.25) is 9.10 Å². The van der Waals surface area contributed by atoms with Crippen LogP contribution >= 0.6 is 0 Å². The van der Waals surface area contributed by atoms with Crippen molar-refractivity contribution in [3.8, 4) is 5.75 Å². The number of methoxy groups -OCH3 is 1. The smallest absolute Gasteiger partial charge is 0.244 e. The Balaban J connectivity index is 2.35. The predicted molar refractivity (Wildman–Crippen MR) is 122 cm³/mol. The minimum atomic E-state index is -3.96. The number of anilines is 1. The fraction of sp³-hybridized carbons (Fsp3) is 0.435. The minimum absolute atomic E-state index is 0.135. The van der Waals surface area contributed by atoms with Gasteiger partial charge in [0, 0.05) is 6.07 Å². The molecule has 0 unspecified atom stereocenters. The molecule has 6 nitrogen and oxygen atoms in total. The number of nitrogens with zero attached hydrogens (tertiary/aromatic N) is 1. The second kappa shape index (κ2) is 9.85. The number of carbonyl (C=O) groups excluding carboxylic acids is 1. The summed E-state index contributed by atoms with van der Waals surface area (Å²) in [6.45, 7) is 9.16. The van der Waals surface area contributed by atoms with Crippen molar-refractivity contribution in [2.75, 3.05) is 17.7 Å². The Hall–Kier alpha value is -2.68. The summed E-state index contributed by atoms with van der Waals surface area (Å²) in [7, 11) is -2.36. The molecule has 2 rings (SSSR count). The van der Waals surface area contributed by atoms with Gasteiger partial charge in [0.05, 0.1) is 25.1 Å². The maximum atomic E-state index is 13.7. The van der Waals surface area contributed by atoms with E-state index in [9.17, 15) is 22.0 Å². The van der Waals surface area contributed by atoms with E-state index in [1.165, 1.54) is 6.92 Å². The largest absolute Gasteiger partial charge is 0.496 e. The van der Waals surface area contributed by atoms with E-state index in [0.717, 1.165) is 51.2 Å². The number of halogens is 2. The van der Waals surface area contributed by atoms with E-state index < -0.39 is 39.6 Å².